The summed E-state index contributed by atoms with van der Waals surface area (Å²) in [5, 5.41) is 0. The molecule has 5 heteroatoms. The molecule has 3 aromatic carbocycles. The van der Waals surface area contributed by atoms with E-state index in [4.69, 9.17) is 0 Å². The molecule has 0 saturated carbocycles. The van der Waals surface area contributed by atoms with Crippen LogP contribution < -0.4 is 4.90 Å². The Morgan fingerprint density at radius 3 is 2.13 bits per heavy atom. The second kappa shape index (κ2) is 7.54. The van der Waals surface area contributed by atoms with Gasteiger partial charge in [0.15, 0.2) is 0 Å². The van der Waals surface area contributed by atoms with Gasteiger partial charge in [0.1, 0.15) is 0 Å². The van der Waals surface area contributed by atoms with Gasteiger partial charge in [-0.1, -0.05) is 48.0 Å². The molecule has 2 amide bonds. The first-order chi connectivity index (χ1) is 15.1. The molecule has 0 aliphatic carbocycles. The number of amides is 2. The van der Waals surface area contributed by atoms with Gasteiger partial charge >= 0.3 is 0 Å². The van der Waals surface area contributed by atoms with E-state index in [9.17, 15) is 9.59 Å². The fourth-order valence-corrected chi connectivity index (χ4v) is 3.74. The Morgan fingerprint density at radius 2 is 1.45 bits per heavy atom. The van der Waals surface area contributed by atoms with E-state index in [1.807, 2.05) is 78.4 Å². The number of benzene rings is 3. The van der Waals surface area contributed by atoms with Crippen LogP contribution in [0.5, 0.6) is 0 Å². The van der Waals surface area contributed by atoms with Crippen LogP contribution in [0.2, 0.25) is 0 Å². The summed E-state index contributed by atoms with van der Waals surface area (Å²) in [7, 11) is 0. The van der Waals surface area contributed by atoms with Crippen molar-refractivity contribution in [3.63, 3.8) is 0 Å². The molecule has 5 rings (SSSR count). The fraction of sp³-hybridized carbons (Fsp3) is 0.0385. The lowest BCUT2D eigenvalue weighted by atomic mass is 9.91. The monoisotopic (exact) mass is 405 g/mol. The number of carbonyl (C=O) groups excluding carboxylic acids is 2. The maximum Gasteiger partial charge on any atom is 0.265 e. The van der Waals surface area contributed by atoms with Gasteiger partial charge in [-0.25, -0.2) is 9.88 Å². The molecule has 150 valence electrons. The molecule has 31 heavy (non-hydrogen) atoms. The maximum absolute atomic E-state index is 13.5. The Kier molecular flexibility index (Phi) is 4.56. The van der Waals surface area contributed by atoms with Gasteiger partial charge in [-0.3, -0.25) is 9.59 Å². The second-order valence-electron chi connectivity index (χ2n) is 7.45. The van der Waals surface area contributed by atoms with Crippen LogP contribution in [0.1, 0.15) is 27.0 Å². The van der Waals surface area contributed by atoms with Gasteiger partial charge in [0.25, 0.3) is 11.8 Å². The number of hydrogen-bond donors (Lipinski definition) is 0. The summed E-state index contributed by atoms with van der Waals surface area (Å²) >= 11 is 0. The van der Waals surface area contributed by atoms with Gasteiger partial charge in [0.2, 0.25) is 0 Å². The number of nitrogens with zero attached hydrogens (tertiary/aromatic N) is 3. The zero-order valence-corrected chi connectivity index (χ0v) is 16.9. The highest BCUT2D eigenvalue weighted by atomic mass is 16.2. The molecular weight excluding hydrogens is 386 g/mol. The van der Waals surface area contributed by atoms with Crippen LogP contribution in [0.3, 0.4) is 0 Å². The molecule has 1 aliphatic heterocycles. The van der Waals surface area contributed by atoms with E-state index in [0.717, 1.165) is 16.8 Å². The van der Waals surface area contributed by atoms with Crippen molar-refractivity contribution >= 4 is 29.2 Å². The fourth-order valence-electron chi connectivity index (χ4n) is 3.74. The number of imide groups is 1. The van der Waals surface area contributed by atoms with Crippen molar-refractivity contribution in [2.24, 2.45) is 0 Å². The van der Waals surface area contributed by atoms with Gasteiger partial charge in [0.05, 0.1) is 12.0 Å². The van der Waals surface area contributed by atoms with Gasteiger partial charge in [-0.05, 0) is 54.5 Å². The van der Waals surface area contributed by atoms with Crippen molar-refractivity contribution in [3.05, 3.63) is 114 Å². The molecule has 1 aromatic heterocycles. The average molecular weight is 405 g/mol. The molecule has 0 atom stereocenters. The minimum absolute atomic E-state index is 0.308. The van der Waals surface area contributed by atoms with Crippen LogP contribution in [-0.2, 0) is 4.79 Å². The smallest absolute Gasteiger partial charge is 0.265 e. The van der Waals surface area contributed by atoms with E-state index in [2.05, 4.69) is 4.98 Å². The lowest BCUT2D eigenvalue weighted by molar-refractivity contribution is -0.112. The first kappa shape index (κ1) is 18.8. The quantitative estimate of drug-likeness (QED) is 0.360. The largest absolute Gasteiger partial charge is 0.306 e. The van der Waals surface area contributed by atoms with E-state index in [1.165, 1.54) is 4.90 Å². The molecule has 0 saturated heterocycles. The summed E-state index contributed by atoms with van der Waals surface area (Å²) in [6.45, 7) is 1.97. The molecule has 0 N–H and O–H groups in total. The van der Waals surface area contributed by atoms with Gasteiger partial charge in [-0.15, -0.1) is 0 Å². The summed E-state index contributed by atoms with van der Waals surface area (Å²) in [5.74, 6) is -0.636. The lowest BCUT2D eigenvalue weighted by Crippen LogP contribution is -2.41. The van der Waals surface area contributed by atoms with Gasteiger partial charge < -0.3 is 4.57 Å². The van der Waals surface area contributed by atoms with Crippen molar-refractivity contribution in [3.8, 4) is 5.69 Å². The highest BCUT2D eigenvalue weighted by Crippen LogP contribution is 2.33. The van der Waals surface area contributed by atoms with Crippen LogP contribution >= 0.6 is 0 Å². The number of imidazole rings is 1. The molecule has 0 fully saturated rings. The Hall–Kier alpha value is -4.25. The number of anilines is 1. The Balaban J connectivity index is 1.59. The number of carbonyl (C=O) groups is 2. The minimum atomic E-state index is -0.328. The third-order valence-corrected chi connectivity index (χ3v) is 5.38. The average Bonchev–Trinajstić information content (AvgIpc) is 3.33. The van der Waals surface area contributed by atoms with Crippen molar-refractivity contribution in [1.82, 2.24) is 9.55 Å². The number of aryl methyl sites for hydroxylation is 1. The predicted octanol–water partition coefficient (Wildman–Crippen LogP) is 4.91. The summed E-state index contributed by atoms with van der Waals surface area (Å²) in [4.78, 5) is 31.9. The number of rotatable bonds is 3. The van der Waals surface area contributed by atoms with Crippen LogP contribution in [0, 0.1) is 6.92 Å². The summed E-state index contributed by atoms with van der Waals surface area (Å²) in [6.07, 6.45) is 7.18. The van der Waals surface area contributed by atoms with Crippen LogP contribution in [0.4, 0.5) is 5.69 Å². The highest BCUT2D eigenvalue weighted by molar-refractivity contribution is 6.43. The van der Waals surface area contributed by atoms with Crippen molar-refractivity contribution in [2.45, 2.75) is 6.92 Å². The molecule has 2 heterocycles. The third kappa shape index (κ3) is 3.36. The summed E-state index contributed by atoms with van der Waals surface area (Å²) in [6, 6.07) is 22.5. The molecule has 0 unspecified atom stereocenters. The standard InChI is InChI=1S/C26H19N3O2/c1-18-6-10-21(11-7-18)29-25(30)23-5-3-2-4-22(23)24(26(29)31)16-19-8-12-20(13-9-19)28-15-14-27-17-28/h2-17H,1H3/b24-16-. The topological polar surface area (TPSA) is 55.2 Å². The van der Waals surface area contributed by atoms with E-state index >= 15 is 0 Å². The molecule has 5 nitrogen and oxygen atoms in total. The van der Waals surface area contributed by atoms with Crippen molar-refractivity contribution in [1.29, 1.82) is 0 Å². The third-order valence-electron chi connectivity index (χ3n) is 5.38. The first-order valence-corrected chi connectivity index (χ1v) is 9.97. The van der Waals surface area contributed by atoms with Crippen LogP contribution in [-0.4, -0.2) is 21.4 Å². The van der Waals surface area contributed by atoms with Gasteiger partial charge in [0, 0.05) is 29.2 Å². The van der Waals surface area contributed by atoms with Crippen LogP contribution in [0.15, 0.2) is 91.5 Å². The molecule has 0 spiro atoms. The number of aromatic nitrogens is 2. The Morgan fingerprint density at radius 1 is 0.774 bits per heavy atom. The minimum Gasteiger partial charge on any atom is -0.306 e. The van der Waals surface area contributed by atoms with Crippen LogP contribution in [0.25, 0.3) is 17.3 Å². The first-order valence-electron chi connectivity index (χ1n) is 9.97. The Labute approximate surface area is 179 Å². The number of hydrogen-bond acceptors (Lipinski definition) is 3. The molecule has 1 aliphatic rings. The zero-order chi connectivity index (χ0) is 21.4. The van der Waals surface area contributed by atoms with E-state index in [1.54, 1.807) is 30.7 Å². The normalized spacial score (nSPS) is 14.7. The molecule has 0 bridgehead atoms. The molecular formula is C26H19N3O2. The Bertz CT molecular complexity index is 1300. The van der Waals surface area contributed by atoms with E-state index < -0.39 is 0 Å². The zero-order valence-electron chi connectivity index (χ0n) is 16.9. The predicted molar refractivity (Wildman–Crippen MR) is 121 cm³/mol. The molecule has 4 aromatic rings. The van der Waals surface area contributed by atoms with Gasteiger partial charge in [-0.2, -0.15) is 0 Å². The lowest BCUT2D eigenvalue weighted by Gasteiger charge is -2.28. The van der Waals surface area contributed by atoms with E-state index in [0.29, 0.717) is 22.4 Å². The van der Waals surface area contributed by atoms with Crippen molar-refractivity contribution in [2.75, 3.05) is 4.90 Å². The molecule has 0 radical (unpaired) electrons. The summed E-state index contributed by atoms with van der Waals surface area (Å²) in [5.41, 5.74) is 5.15. The van der Waals surface area contributed by atoms with Crippen molar-refractivity contribution < 1.29 is 9.59 Å². The number of fused-ring (bicyclic) bond motifs is 1. The SMILES string of the molecule is Cc1ccc(N2C(=O)/C(=C\c3ccc(-n4ccnc4)cc3)c3ccccc3C2=O)cc1. The van der Waals surface area contributed by atoms with E-state index in [-0.39, 0.29) is 11.8 Å². The summed E-state index contributed by atoms with van der Waals surface area (Å²) < 4.78 is 1.91. The maximum atomic E-state index is 13.5. The highest BCUT2D eigenvalue weighted by Gasteiger charge is 2.35. The second-order valence-corrected chi connectivity index (χ2v) is 7.45.